The van der Waals surface area contributed by atoms with Gasteiger partial charge in [0.05, 0.1) is 6.54 Å². The Morgan fingerprint density at radius 3 is 2.46 bits per heavy atom. The van der Waals surface area contributed by atoms with E-state index >= 15 is 0 Å². The number of hydrogen-bond donors (Lipinski definition) is 1. The van der Waals surface area contributed by atoms with Crippen molar-refractivity contribution in [3.8, 4) is 0 Å². The summed E-state index contributed by atoms with van der Waals surface area (Å²) in [5.74, 6) is 0.246. The number of thiophene rings is 1. The normalized spacial score (nSPS) is 15.0. The fourth-order valence-corrected chi connectivity index (χ4v) is 3.76. The van der Waals surface area contributed by atoms with Gasteiger partial charge >= 0.3 is 0 Å². The summed E-state index contributed by atoms with van der Waals surface area (Å²) in [6.45, 7) is 3.86. The average Bonchev–Trinajstić information content (AvgIpc) is 3.19. The topological polar surface area (TPSA) is 52.7 Å². The lowest BCUT2D eigenvalue weighted by molar-refractivity contribution is -0.133. The Labute approximate surface area is 158 Å². The van der Waals surface area contributed by atoms with E-state index in [1.54, 1.807) is 11.3 Å². The van der Waals surface area contributed by atoms with Crippen LogP contribution in [-0.2, 0) is 22.6 Å². The Morgan fingerprint density at radius 1 is 1.00 bits per heavy atom. The van der Waals surface area contributed by atoms with Gasteiger partial charge in [0.2, 0.25) is 11.8 Å². The minimum absolute atomic E-state index is 0.0334. The van der Waals surface area contributed by atoms with Crippen molar-refractivity contribution in [1.82, 2.24) is 15.1 Å². The zero-order valence-electron chi connectivity index (χ0n) is 14.9. The van der Waals surface area contributed by atoms with Crippen molar-refractivity contribution in [1.29, 1.82) is 0 Å². The molecule has 1 aromatic carbocycles. The van der Waals surface area contributed by atoms with Crippen LogP contribution in [0.2, 0.25) is 0 Å². The molecule has 2 amide bonds. The third kappa shape index (κ3) is 5.68. The summed E-state index contributed by atoms with van der Waals surface area (Å²) in [6, 6.07) is 12.0. The molecule has 1 aliphatic rings. The number of rotatable bonds is 7. The van der Waals surface area contributed by atoms with E-state index in [2.05, 4.69) is 21.7 Å². The molecule has 138 valence electrons. The highest BCUT2D eigenvalue weighted by molar-refractivity contribution is 7.07. The van der Waals surface area contributed by atoms with E-state index in [0.717, 1.165) is 25.1 Å². The zero-order valence-corrected chi connectivity index (χ0v) is 15.7. The lowest BCUT2D eigenvalue weighted by atomic mass is 10.1. The van der Waals surface area contributed by atoms with Crippen LogP contribution in [0.1, 0.15) is 17.5 Å². The second-order valence-electron chi connectivity index (χ2n) is 6.55. The summed E-state index contributed by atoms with van der Waals surface area (Å²) in [7, 11) is 0. The number of benzene rings is 1. The quantitative estimate of drug-likeness (QED) is 0.811. The number of nitrogens with zero attached hydrogens (tertiary/aromatic N) is 2. The van der Waals surface area contributed by atoms with Crippen LogP contribution < -0.4 is 5.32 Å². The Bertz CT molecular complexity index is 695. The molecule has 6 heteroatoms. The largest absolute Gasteiger partial charge is 0.351 e. The lowest BCUT2D eigenvalue weighted by Gasteiger charge is -2.34. The summed E-state index contributed by atoms with van der Waals surface area (Å²) in [5.41, 5.74) is 2.33. The highest BCUT2D eigenvalue weighted by atomic mass is 32.1. The van der Waals surface area contributed by atoms with Gasteiger partial charge in [-0.05, 0) is 34.4 Å². The van der Waals surface area contributed by atoms with Crippen molar-refractivity contribution in [2.24, 2.45) is 0 Å². The van der Waals surface area contributed by atoms with Crippen LogP contribution in [0.5, 0.6) is 0 Å². The van der Waals surface area contributed by atoms with Gasteiger partial charge in [-0.1, -0.05) is 30.3 Å². The van der Waals surface area contributed by atoms with Crippen LogP contribution in [0.3, 0.4) is 0 Å². The Hall–Kier alpha value is -2.18. The summed E-state index contributed by atoms with van der Waals surface area (Å²) in [5, 5.41) is 7.10. The van der Waals surface area contributed by atoms with Gasteiger partial charge in [-0.25, -0.2) is 0 Å². The van der Waals surface area contributed by atoms with Crippen molar-refractivity contribution in [3.05, 3.63) is 58.3 Å². The molecule has 26 heavy (non-hydrogen) atoms. The Morgan fingerprint density at radius 2 is 1.77 bits per heavy atom. The van der Waals surface area contributed by atoms with Gasteiger partial charge in [-0.2, -0.15) is 11.3 Å². The van der Waals surface area contributed by atoms with Crippen LogP contribution in [0.15, 0.2) is 47.2 Å². The maximum atomic E-state index is 12.3. The third-order valence-corrected chi connectivity index (χ3v) is 5.36. The van der Waals surface area contributed by atoms with E-state index in [4.69, 9.17) is 0 Å². The van der Waals surface area contributed by atoms with Crippen LogP contribution >= 0.6 is 11.3 Å². The van der Waals surface area contributed by atoms with E-state index in [1.807, 2.05) is 40.6 Å². The first kappa shape index (κ1) is 18.6. The first-order valence-corrected chi connectivity index (χ1v) is 9.97. The molecular weight excluding hydrogens is 346 g/mol. The van der Waals surface area contributed by atoms with E-state index in [1.165, 1.54) is 5.56 Å². The monoisotopic (exact) mass is 371 g/mol. The van der Waals surface area contributed by atoms with Crippen molar-refractivity contribution in [3.63, 3.8) is 0 Å². The predicted octanol–water partition coefficient (Wildman–Crippen LogP) is 2.14. The number of piperazine rings is 1. The molecule has 1 saturated heterocycles. The molecule has 0 radical (unpaired) electrons. The van der Waals surface area contributed by atoms with Crippen LogP contribution in [0.25, 0.3) is 0 Å². The van der Waals surface area contributed by atoms with E-state index in [-0.39, 0.29) is 11.8 Å². The van der Waals surface area contributed by atoms with Crippen LogP contribution in [-0.4, -0.2) is 54.3 Å². The molecule has 1 N–H and O–H groups in total. The molecule has 0 aliphatic carbocycles. The summed E-state index contributed by atoms with van der Waals surface area (Å²) < 4.78 is 0. The van der Waals surface area contributed by atoms with Crippen molar-refractivity contribution in [2.45, 2.75) is 19.4 Å². The standard InChI is InChI=1S/C20H25N3O2S/c24-19(21-14-17-4-2-1-3-5-17)15-22-9-11-23(12-10-22)20(25)7-6-18-8-13-26-16-18/h1-5,8,13,16H,6-7,9-12,14-15H2,(H,21,24). The summed E-state index contributed by atoms with van der Waals surface area (Å²) in [6.07, 6.45) is 1.37. The van der Waals surface area contributed by atoms with Gasteiger partial charge in [0.1, 0.15) is 0 Å². The smallest absolute Gasteiger partial charge is 0.234 e. The number of carbonyl (C=O) groups excluding carboxylic acids is 2. The van der Waals surface area contributed by atoms with Crippen molar-refractivity contribution < 1.29 is 9.59 Å². The molecule has 0 spiro atoms. The molecule has 2 heterocycles. The first-order chi connectivity index (χ1) is 12.7. The minimum atomic E-state index is 0.0334. The minimum Gasteiger partial charge on any atom is -0.351 e. The average molecular weight is 372 g/mol. The fraction of sp³-hybridized carbons (Fsp3) is 0.400. The molecule has 1 fully saturated rings. The lowest BCUT2D eigenvalue weighted by Crippen LogP contribution is -2.51. The highest BCUT2D eigenvalue weighted by Gasteiger charge is 2.22. The predicted molar refractivity (Wildman–Crippen MR) is 104 cm³/mol. The maximum Gasteiger partial charge on any atom is 0.234 e. The van der Waals surface area contributed by atoms with E-state index in [0.29, 0.717) is 32.6 Å². The molecule has 1 aromatic heterocycles. The molecule has 0 saturated carbocycles. The fourth-order valence-electron chi connectivity index (χ4n) is 3.06. The van der Waals surface area contributed by atoms with Gasteiger partial charge in [0.15, 0.2) is 0 Å². The van der Waals surface area contributed by atoms with Gasteiger partial charge in [0, 0.05) is 39.1 Å². The van der Waals surface area contributed by atoms with Crippen LogP contribution in [0, 0.1) is 0 Å². The molecule has 0 bridgehead atoms. The maximum absolute atomic E-state index is 12.3. The zero-order chi connectivity index (χ0) is 18.2. The third-order valence-electron chi connectivity index (χ3n) is 4.63. The molecule has 0 unspecified atom stereocenters. The Balaban J connectivity index is 1.34. The molecule has 3 rings (SSSR count). The summed E-state index contributed by atoms with van der Waals surface area (Å²) in [4.78, 5) is 28.5. The first-order valence-electron chi connectivity index (χ1n) is 9.02. The molecular formula is C20H25N3O2S. The SMILES string of the molecule is O=C(CN1CCN(C(=O)CCc2ccsc2)CC1)NCc1ccccc1. The molecule has 2 aromatic rings. The summed E-state index contributed by atoms with van der Waals surface area (Å²) >= 11 is 1.67. The number of carbonyl (C=O) groups is 2. The van der Waals surface area contributed by atoms with Crippen molar-refractivity contribution >= 4 is 23.2 Å². The van der Waals surface area contributed by atoms with Gasteiger partial charge < -0.3 is 10.2 Å². The molecule has 0 atom stereocenters. The molecule has 5 nitrogen and oxygen atoms in total. The van der Waals surface area contributed by atoms with Crippen LogP contribution in [0.4, 0.5) is 0 Å². The number of aryl methyl sites for hydroxylation is 1. The van der Waals surface area contributed by atoms with Gasteiger partial charge in [-0.15, -0.1) is 0 Å². The Kier molecular flexibility index (Phi) is 6.80. The van der Waals surface area contributed by atoms with Crippen molar-refractivity contribution in [2.75, 3.05) is 32.7 Å². The van der Waals surface area contributed by atoms with E-state index in [9.17, 15) is 9.59 Å². The second kappa shape index (κ2) is 9.50. The number of nitrogens with one attached hydrogen (secondary N) is 1. The number of hydrogen-bond acceptors (Lipinski definition) is 4. The van der Waals surface area contributed by atoms with E-state index < -0.39 is 0 Å². The molecule has 1 aliphatic heterocycles. The van der Waals surface area contributed by atoms with Gasteiger partial charge in [0.25, 0.3) is 0 Å². The second-order valence-corrected chi connectivity index (χ2v) is 7.33. The van der Waals surface area contributed by atoms with Gasteiger partial charge in [-0.3, -0.25) is 14.5 Å². The highest BCUT2D eigenvalue weighted by Crippen LogP contribution is 2.11. The number of amides is 2.